The Kier molecular flexibility index (Phi) is 3.95. The topological polar surface area (TPSA) is 57.5 Å². The fourth-order valence-corrected chi connectivity index (χ4v) is 3.09. The van der Waals surface area contributed by atoms with Crippen LogP contribution in [0, 0.1) is 17.1 Å². The van der Waals surface area contributed by atoms with Crippen molar-refractivity contribution in [2.24, 2.45) is 0 Å². The summed E-state index contributed by atoms with van der Waals surface area (Å²) in [5.74, 6) is 0.0710. The molecule has 1 N–H and O–H groups in total. The van der Waals surface area contributed by atoms with Crippen molar-refractivity contribution in [1.29, 1.82) is 5.26 Å². The van der Waals surface area contributed by atoms with Crippen LogP contribution >= 0.6 is 0 Å². The molecule has 1 fully saturated rings. The predicted octanol–water partition coefficient (Wildman–Crippen LogP) is 1.27. The second-order valence-electron chi connectivity index (χ2n) is 5.40. The normalized spacial score (nSPS) is 24.3. The van der Waals surface area contributed by atoms with Gasteiger partial charge in [-0.3, -0.25) is 0 Å². The van der Waals surface area contributed by atoms with Gasteiger partial charge in [-0.2, -0.15) is 5.26 Å². The Hall–Kier alpha value is -1.84. The predicted molar refractivity (Wildman–Crippen MR) is 76.0 cm³/mol. The van der Waals surface area contributed by atoms with Crippen molar-refractivity contribution in [3.63, 3.8) is 0 Å². The average molecular weight is 291 g/mol. The van der Waals surface area contributed by atoms with Gasteiger partial charge in [-0.25, -0.2) is 4.39 Å². The third-order valence-electron chi connectivity index (χ3n) is 3.99. The minimum atomic E-state index is -0.406. The van der Waals surface area contributed by atoms with Crippen LogP contribution in [0.25, 0.3) is 0 Å². The number of ether oxygens (including phenoxy) is 2. The molecule has 6 heteroatoms. The van der Waals surface area contributed by atoms with Crippen LogP contribution in [0.3, 0.4) is 0 Å². The van der Waals surface area contributed by atoms with E-state index in [1.807, 2.05) is 6.07 Å². The highest BCUT2D eigenvalue weighted by Crippen LogP contribution is 2.39. The molecule has 0 amide bonds. The number of halogens is 1. The fourth-order valence-electron chi connectivity index (χ4n) is 3.09. The summed E-state index contributed by atoms with van der Waals surface area (Å²) in [4.78, 5) is 2.14. The summed E-state index contributed by atoms with van der Waals surface area (Å²) in [6.45, 7) is 2.88. The molecule has 0 saturated carbocycles. The molecule has 2 atom stereocenters. The van der Waals surface area contributed by atoms with Gasteiger partial charge in [0.25, 0.3) is 0 Å². The minimum absolute atomic E-state index is 0.138. The number of fused-ring (bicyclic) bond motifs is 3. The molecule has 112 valence electrons. The largest absolute Gasteiger partial charge is 0.484 e. The van der Waals surface area contributed by atoms with Crippen molar-refractivity contribution in [2.45, 2.75) is 18.6 Å². The van der Waals surface area contributed by atoms with Gasteiger partial charge in [0.1, 0.15) is 18.0 Å². The number of nitrogens with zero attached hydrogens (tertiary/aromatic N) is 2. The highest BCUT2D eigenvalue weighted by molar-refractivity contribution is 5.66. The average Bonchev–Trinajstić information content (AvgIpc) is 2.64. The Morgan fingerprint density at radius 1 is 1.57 bits per heavy atom. The van der Waals surface area contributed by atoms with Crippen LogP contribution in [0.2, 0.25) is 0 Å². The summed E-state index contributed by atoms with van der Waals surface area (Å²) in [5, 5.41) is 12.6. The lowest BCUT2D eigenvalue weighted by atomic mass is 10.1. The van der Waals surface area contributed by atoms with Crippen molar-refractivity contribution >= 4 is 5.69 Å². The Labute approximate surface area is 123 Å². The molecule has 1 aromatic rings. The molecule has 2 unspecified atom stereocenters. The van der Waals surface area contributed by atoms with Gasteiger partial charge in [0.05, 0.1) is 17.9 Å². The van der Waals surface area contributed by atoms with Gasteiger partial charge in [-0.05, 0) is 6.07 Å². The SMILES string of the molecule is COCC1CC2CNCCN2c2cc(F)cc(C#N)c2O1. The van der Waals surface area contributed by atoms with Crippen LogP contribution < -0.4 is 15.0 Å². The Morgan fingerprint density at radius 3 is 3.19 bits per heavy atom. The van der Waals surface area contributed by atoms with E-state index in [4.69, 9.17) is 9.47 Å². The molecule has 3 rings (SSSR count). The number of benzene rings is 1. The smallest absolute Gasteiger partial charge is 0.161 e. The van der Waals surface area contributed by atoms with Gasteiger partial charge in [0.2, 0.25) is 0 Å². The first-order chi connectivity index (χ1) is 10.2. The van der Waals surface area contributed by atoms with Gasteiger partial charge in [-0.15, -0.1) is 0 Å². The van der Waals surface area contributed by atoms with Gasteiger partial charge >= 0.3 is 0 Å². The van der Waals surface area contributed by atoms with E-state index < -0.39 is 5.82 Å². The summed E-state index contributed by atoms with van der Waals surface area (Å²) in [6.07, 6.45) is 0.642. The number of piperazine rings is 1. The van der Waals surface area contributed by atoms with Crippen molar-refractivity contribution in [1.82, 2.24) is 5.32 Å². The quantitative estimate of drug-likeness (QED) is 0.889. The number of hydrogen-bond donors (Lipinski definition) is 1. The van der Waals surface area contributed by atoms with Gasteiger partial charge in [-0.1, -0.05) is 0 Å². The Balaban J connectivity index is 2.07. The molecule has 1 aromatic carbocycles. The molecule has 2 aliphatic heterocycles. The second-order valence-corrected chi connectivity index (χ2v) is 5.40. The van der Waals surface area contributed by atoms with E-state index in [0.29, 0.717) is 18.0 Å². The zero-order valence-corrected chi connectivity index (χ0v) is 11.9. The van der Waals surface area contributed by atoms with Crippen LogP contribution in [0.5, 0.6) is 5.75 Å². The van der Waals surface area contributed by atoms with E-state index >= 15 is 0 Å². The molecule has 2 heterocycles. The highest BCUT2D eigenvalue weighted by atomic mass is 19.1. The molecule has 0 spiro atoms. The number of nitrogens with one attached hydrogen (secondary N) is 1. The van der Waals surface area contributed by atoms with Crippen LogP contribution in [-0.2, 0) is 4.74 Å². The standard InChI is InChI=1S/C15H18FN3O2/c1-20-9-13-6-12-8-18-2-3-19(12)14-5-11(16)4-10(7-17)15(14)21-13/h4-5,12-13,18H,2-3,6,8-9H2,1H3. The van der Waals surface area contributed by atoms with Crippen LogP contribution in [0.15, 0.2) is 12.1 Å². The minimum Gasteiger partial charge on any atom is -0.484 e. The second kappa shape index (κ2) is 5.88. The molecule has 0 aliphatic carbocycles. The van der Waals surface area contributed by atoms with Crippen molar-refractivity contribution in [2.75, 3.05) is 38.3 Å². The number of hydrogen-bond acceptors (Lipinski definition) is 5. The third kappa shape index (κ3) is 2.67. The van der Waals surface area contributed by atoms with Crippen molar-refractivity contribution in [3.8, 4) is 11.8 Å². The monoisotopic (exact) mass is 291 g/mol. The lowest BCUT2D eigenvalue weighted by molar-refractivity contribution is 0.0743. The van der Waals surface area contributed by atoms with E-state index in [9.17, 15) is 9.65 Å². The van der Waals surface area contributed by atoms with E-state index in [2.05, 4.69) is 10.2 Å². The first kappa shape index (κ1) is 14.1. The molecule has 21 heavy (non-hydrogen) atoms. The lowest BCUT2D eigenvalue weighted by Gasteiger charge is -2.37. The maximum atomic E-state index is 13.8. The zero-order valence-electron chi connectivity index (χ0n) is 11.9. The van der Waals surface area contributed by atoms with E-state index in [0.717, 1.165) is 26.1 Å². The first-order valence-corrected chi connectivity index (χ1v) is 7.09. The molecule has 1 saturated heterocycles. The van der Waals surface area contributed by atoms with Crippen molar-refractivity contribution in [3.05, 3.63) is 23.5 Å². The molecule has 0 radical (unpaired) electrons. The number of nitriles is 1. The number of rotatable bonds is 2. The summed E-state index contributed by atoms with van der Waals surface area (Å²) in [5.41, 5.74) is 0.918. The zero-order chi connectivity index (χ0) is 14.8. The summed E-state index contributed by atoms with van der Waals surface area (Å²) < 4.78 is 25.0. The first-order valence-electron chi connectivity index (χ1n) is 7.09. The molecule has 2 aliphatic rings. The number of methoxy groups -OCH3 is 1. The summed E-state index contributed by atoms with van der Waals surface area (Å²) in [6, 6.07) is 4.94. The van der Waals surface area contributed by atoms with Gasteiger partial charge < -0.3 is 19.7 Å². The van der Waals surface area contributed by atoms with E-state index in [-0.39, 0.29) is 17.7 Å². The van der Waals surface area contributed by atoms with Crippen LogP contribution in [0.4, 0.5) is 10.1 Å². The lowest BCUT2D eigenvalue weighted by Crippen LogP contribution is -2.52. The molecular formula is C15H18FN3O2. The van der Waals surface area contributed by atoms with E-state index in [1.165, 1.54) is 12.1 Å². The Bertz CT molecular complexity index is 573. The molecular weight excluding hydrogens is 273 g/mol. The highest BCUT2D eigenvalue weighted by Gasteiger charge is 2.33. The van der Waals surface area contributed by atoms with E-state index in [1.54, 1.807) is 7.11 Å². The maximum absolute atomic E-state index is 13.8. The van der Waals surface area contributed by atoms with Crippen LogP contribution in [-0.4, -0.2) is 45.5 Å². The van der Waals surface area contributed by atoms with Crippen LogP contribution in [0.1, 0.15) is 12.0 Å². The fraction of sp³-hybridized carbons (Fsp3) is 0.533. The molecule has 0 aromatic heterocycles. The third-order valence-corrected chi connectivity index (χ3v) is 3.99. The number of anilines is 1. The van der Waals surface area contributed by atoms with Crippen molar-refractivity contribution < 1.29 is 13.9 Å². The van der Waals surface area contributed by atoms with Gasteiger partial charge in [0.15, 0.2) is 5.75 Å². The molecule has 0 bridgehead atoms. The summed E-state index contributed by atoms with van der Waals surface area (Å²) in [7, 11) is 1.63. The maximum Gasteiger partial charge on any atom is 0.161 e. The molecule has 5 nitrogen and oxygen atoms in total. The van der Waals surface area contributed by atoms with Gasteiger partial charge in [0, 0.05) is 45.3 Å². The summed E-state index contributed by atoms with van der Waals surface area (Å²) >= 11 is 0. The Morgan fingerprint density at radius 2 is 2.43 bits per heavy atom.